The molecule has 0 unspecified atom stereocenters. The molecule has 0 amide bonds. The van der Waals surface area contributed by atoms with Crippen molar-refractivity contribution < 1.29 is 14.3 Å². The van der Waals surface area contributed by atoms with Crippen molar-refractivity contribution in [2.24, 2.45) is 0 Å². The maximum Gasteiger partial charge on any atom is 0.346 e. The number of ether oxygens (including phenoxy) is 1. The van der Waals surface area contributed by atoms with Crippen LogP contribution >= 0.6 is 0 Å². The predicted molar refractivity (Wildman–Crippen MR) is 74.5 cm³/mol. The fraction of sp³-hybridized carbons (Fsp3) is 0. The number of esters is 2. The minimum Gasteiger partial charge on any atom is -0.386 e. The molecule has 1 aromatic heterocycles. The third-order valence-electron chi connectivity index (χ3n) is 3.01. The van der Waals surface area contributed by atoms with Crippen LogP contribution in [-0.2, 0) is 4.74 Å². The number of aromatic amines is 1. The lowest BCUT2D eigenvalue weighted by molar-refractivity contribution is 0.0444. The highest BCUT2D eigenvalue weighted by Crippen LogP contribution is 2.18. The van der Waals surface area contributed by atoms with E-state index in [0.717, 1.165) is 0 Å². The smallest absolute Gasteiger partial charge is 0.346 e. The highest BCUT2D eigenvalue weighted by atomic mass is 16.6. The van der Waals surface area contributed by atoms with Crippen LogP contribution in [0.25, 0.3) is 10.9 Å². The molecule has 1 N–H and O–H groups in total. The van der Waals surface area contributed by atoms with Crippen LogP contribution in [0.5, 0.6) is 0 Å². The topological polar surface area (TPSA) is 59.2 Å². The van der Waals surface area contributed by atoms with E-state index >= 15 is 0 Å². The van der Waals surface area contributed by atoms with Gasteiger partial charge in [-0.2, -0.15) is 0 Å². The summed E-state index contributed by atoms with van der Waals surface area (Å²) in [5.74, 6) is -1.10. The average molecular weight is 265 g/mol. The molecule has 3 aromatic rings. The van der Waals surface area contributed by atoms with E-state index in [0.29, 0.717) is 11.1 Å². The van der Waals surface area contributed by atoms with Crippen molar-refractivity contribution in [1.29, 1.82) is 0 Å². The fourth-order valence-electron chi connectivity index (χ4n) is 2.03. The molecule has 0 atom stereocenters. The van der Waals surface area contributed by atoms with E-state index in [1.54, 1.807) is 24.3 Å². The molecule has 4 nitrogen and oxygen atoms in total. The molecular weight excluding hydrogens is 254 g/mol. The second-order valence-corrected chi connectivity index (χ2v) is 4.29. The van der Waals surface area contributed by atoms with Gasteiger partial charge in [-0.05, 0) is 29.7 Å². The summed E-state index contributed by atoms with van der Waals surface area (Å²) in [5.41, 5.74) is 1.92. The molecule has 2 aromatic carbocycles. The van der Waals surface area contributed by atoms with Gasteiger partial charge in [-0.1, -0.05) is 30.3 Å². The van der Waals surface area contributed by atoms with Gasteiger partial charge >= 0.3 is 11.9 Å². The van der Waals surface area contributed by atoms with Crippen molar-refractivity contribution in [2.75, 3.05) is 0 Å². The number of H-pyrrole nitrogens is 1. The minimum atomic E-state index is -0.550. The van der Waals surface area contributed by atoms with Crippen LogP contribution in [0.1, 0.15) is 20.7 Å². The molecule has 20 heavy (non-hydrogen) atoms. The first-order valence-electron chi connectivity index (χ1n) is 6.13. The van der Waals surface area contributed by atoms with E-state index < -0.39 is 11.9 Å². The van der Waals surface area contributed by atoms with E-state index in [4.69, 9.17) is 0 Å². The average Bonchev–Trinajstić information content (AvgIpc) is 3.06. The fourth-order valence-corrected chi connectivity index (χ4v) is 2.03. The highest BCUT2D eigenvalue weighted by molar-refractivity contribution is 6.14. The Morgan fingerprint density at radius 1 is 0.750 bits per heavy atom. The van der Waals surface area contributed by atoms with Crippen molar-refractivity contribution in [3.63, 3.8) is 0 Å². The van der Waals surface area contributed by atoms with E-state index in [1.807, 2.05) is 18.3 Å². The Morgan fingerprint density at radius 2 is 1.35 bits per heavy atom. The van der Waals surface area contributed by atoms with Gasteiger partial charge in [-0.25, -0.2) is 9.59 Å². The molecule has 0 fully saturated rings. The van der Waals surface area contributed by atoms with E-state index in [-0.39, 0.29) is 0 Å². The number of benzene rings is 2. The first kappa shape index (κ1) is 12.2. The number of nitrogens with one attached hydrogen (secondary N) is 1. The van der Waals surface area contributed by atoms with Crippen LogP contribution in [-0.4, -0.2) is 16.9 Å². The standard InChI is InChI=1S/C8H7N.C8H4O3/c1-2-4-8-7(3-1)5-6-9-8;9-7-5-3-1-2-4-6(5)8(10)11-7/h1-6,9H;1-4H. The molecular formula is C16H11NO3. The van der Waals surface area contributed by atoms with Crippen LogP contribution in [0.2, 0.25) is 0 Å². The molecule has 2 heterocycles. The third kappa shape index (κ3) is 2.19. The number of aromatic nitrogens is 1. The molecule has 0 radical (unpaired) electrons. The van der Waals surface area contributed by atoms with Crippen molar-refractivity contribution in [2.45, 2.75) is 0 Å². The van der Waals surface area contributed by atoms with E-state index in [1.165, 1.54) is 10.9 Å². The quantitative estimate of drug-likeness (QED) is 0.501. The molecule has 4 heteroatoms. The molecule has 0 saturated heterocycles. The lowest BCUT2D eigenvalue weighted by Gasteiger charge is -1.86. The van der Waals surface area contributed by atoms with Crippen molar-refractivity contribution in [3.05, 3.63) is 71.9 Å². The van der Waals surface area contributed by atoms with Gasteiger partial charge in [0.15, 0.2) is 0 Å². The summed E-state index contributed by atoms with van der Waals surface area (Å²) in [7, 11) is 0. The number of cyclic esters (lactones) is 2. The zero-order valence-electron chi connectivity index (χ0n) is 10.5. The second kappa shape index (κ2) is 5.01. The number of carbonyl (C=O) groups is 2. The Morgan fingerprint density at radius 3 is 2.00 bits per heavy atom. The summed E-state index contributed by atoms with van der Waals surface area (Å²) in [6.45, 7) is 0. The minimum absolute atomic E-state index is 0.359. The Balaban J connectivity index is 0.000000123. The number of fused-ring (bicyclic) bond motifs is 2. The maximum atomic E-state index is 10.8. The van der Waals surface area contributed by atoms with Crippen LogP contribution in [0.4, 0.5) is 0 Å². The molecule has 98 valence electrons. The SMILES string of the molecule is O=C1OC(=O)c2ccccc21.c1ccc2[nH]ccc2c1. The zero-order chi connectivity index (χ0) is 13.9. The number of hydrogen-bond donors (Lipinski definition) is 1. The van der Waals surface area contributed by atoms with Gasteiger partial charge in [0.05, 0.1) is 11.1 Å². The van der Waals surface area contributed by atoms with Crippen LogP contribution in [0.3, 0.4) is 0 Å². The summed E-state index contributed by atoms with van der Waals surface area (Å²) in [6.07, 6.45) is 1.95. The predicted octanol–water partition coefficient (Wildman–Crippen LogP) is 3.17. The summed E-state index contributed by atoms with van der Waals surface area (Å²) in [5, 5.41) is 1.28. The number of carbonyl (C=O) groups excluding carboxylic acids is 2. The molecule has 1 aliphatic heterocycles. The number of para-hydroxylation sites is 1. The maximum absolute atomic E-state index is 10.8. The lowest BCUT2D eigenvalue weighted by Crippen LogP contribution is -1.96. The molecule has 0 bridgehead atoms. The molecule has 0 spiro atoms. The Hall–Kier alpha value is -2.88. The van der Waals surface area contributed by atoms with Gasteiger partial charge in [0, 0.05) is 11.7 Å². The van der Waals surface area contributed by atoms with Crippen LogP contribution in [0, 0.1) is 0 Å². The van der Waals surface area contributed by atoms with Crippen LogP contribution < -0.4 is 0 Å². The zero-order valence-corrected chi connectivity index (χ0v) is 10.5. The lowest BCUT2D eigenvalue weighted by atomic mass is 10.1. The van der Waals surface area contributed by atoms with Gasteiger partial charge < -0.3 is 9.72 Å². The largest absolute Gasteiger partial charge is 0.386 e. The van der Waals surface area contributed by atoms with Gasteiger partial charge in [-0.3, -0.25) is 0 Å². The second-order valence-electron chi connectivity index (χ2n) is 4.29. The van der Waals surface area contributed by atoms with Crippen molar-refractivity contribution >= 4 is 22.8 Å². The van der Waals surface area contributed by atoms with Crippen LogP contribution in [0.15, 0.2) is 60.8 Å². The Kier molecular flexibility index (Phi) is 3.05. The molecule has 0 aliphatic carbocycles. The van der Waals surface area contributed by atoms with Gasteiger partial charge in [0.2, 0.25) is 0 Å². The van der Waals surface area contributed by atoms with Gasteiger partial charge in [-0.15, -0.1) is 0 Å². The first-order valence-corrected chi connectivity index (χ1v) is 6.13. The number of rotatable bonds is 0. The highest BCUT2D eigenvalue weighted by Gasteiger charge is 2.28. The monoisotopic (exact) mass is 265 g/mol. The molecule has 1 aliphatic rings. The van der Waals surface area contributed by atoms with Crippen molar-refractivity contribution in [1.82, 2.24) is 4.98 Å². The Labute approximate surface area is 115 Å². The summed E-state index contributed by atoms with van der Waals surface area (Å²) in [4.78, 5) is 24.8. The number of hydrogen-bond acceptors (Lipinski definition) is 3. The molecule has 0 saturated carbocycles. The van der Waals surface area contributed by atoms with Gasteiger partial charge in [0.1, 0.15) is 0 Å². The van der Waals surface area contributed by atoms with Gasteiger partial charge in [0.25, 0.3) is 0 Å². The normalized spacial score (nSPS) is 12.6. The van der Waals surface area contributed by atoms with Crippen molar-refractivity contribution in [3.8, 4) is 0 Å². The Bertz CT molecular complexity index is 726. The van der Waals surface area contributed by atoms with E-state index in [2.05, 4.69) is 27.9 Å². The van der Waals surface area contributed by atoms with E-state index in [9.17, 15) is 9.59 Å². The summed E-state index contributed by atoms with van der Waals surface area (Å²) < 4.78 is 4.35. The molecule has 4 rings (SSSR count). The third-order valence-corrected chi connectivity index (χ3v) is 3.01. The summed E-state index contributed by atoms with van der Waals surface area (Å²) in [6, 6.07) is 16.8. The first-order chi connectivity index (χ1) is 9.75. The summed E-state index contributed by atoms with van der Waals surface area (Å²) >= 11 is 0.